The third kappa shape index (κ3) is 5.37. The smallest absolute Gasteiger partial charge is 0.297 e. The van der Waals surface area contributed by atoms with Gasteiger partial charge in [-0.05, 0) is 45.0 Å². The fourth-order valence-corrected chi connectivity index (χ4v) is 5.37. The van der Waals surface area contributed by atoms with Crippen LogP contribution in [0, 0.1) is 13.8 Å². The number of aliphatic hydroxyl groups excluding tert-OH is 1. The maximum atomic E-state index is 12.9. The first kappa shape index (κ1) is 24.8. The zero-order valence-corrected chi connectivity index (χ0v) is 19.7. The Hall–Kier alpha value is -1.86. The molecular formula is C21H26O9S2. The molecule has 2 aromatic carbocycles. The van der Waals surface area contributed by atoms with Crippen molar-refractivity contribution in [3.63, 3.8) is 0 Å². The molecule has 9 nitrogen and oxygen atoms in total. The molecule has 1 aliphatic rings. The number of benzene rings is 2. The second-order valence-electron chi connectivity index (χ2n) is 7.59. The van der Waals surface area contributed by atoms with Crippen molar-refractivity contribution in [3.05, 3.63) is 59.7 Å². The minimum absolute atomic E-state index is 0.147. The molecular weight excluding hydrogens is 460 g/mol. The molecule has 1 fully saturated rings. The number of hydrogen-bond donors (Lipinski definition) is 1. The van der Waals surface area contributed by atoms with Crippen LogP contribution in [0.25, 0.3) is 0 Å². The van der Waals surface area contributed by atoms with Crippen LogP contribution in [0.5, 0.6) is 0 Å². The summed E-state index contributed by atoms with van der Waals surface area (Å²) in [6.45, 7) is 5.07. The molecule has 0 bridgehead atoms. The van der Waals surface area contributed by atoms with Crippen molar-refractivity contribution in [1.82, 2.24) is 0 Å². The van der Waals surface area contributed by atoms with E-state index in [0.29, 0.717) is 0 Å². The van der Waals surface area contributed by atoms with Gasteiger partial charge in [-0.15, -0.1) is 0 Å². The first-order valence-electron chi connectivity index (χ1n) is 9.81. The Morgan fingerprint density at radius 2 is 1.19 bits per heavy atom. The summed E-state index contributed by atoms with van der Waals surface area (Å²) in [6.07, 6.45) is -6.96. The van der Waals surface area contributed by atoms with Gasteiger partial charge in [-0.25, -0.2) is 0 Å². The number of ether oxygens (including phenoxy) is 2. The van der Waals surface area contributed by atoms with Crippen LogP contribution in [-0.2, 0) is 38.1 Å². The molecule has 5 atom stereocenters. The van der Waals surface area contributed by atoms with Crippen LogP contribution in [0.4, 0.5) is 0 Å². The molecule has 0 aromatic heterocycles. The lowest BCUT2D eigenvalue weighted by Crippen LogP contribution is -2.59. The van der Waals surface area contributed by atoms with Crippen LogP contribution in [0.15, 0.2) is 58.3 Å². The highest BCUT2D eigenvalue weighted by atomic mass is 32.2. The van der Waals surface area contributed by atoms with E-state index in [1.807, 2.05) is 0 Å². The van der Waals surface area contributed by atoms with Crippen molar-refractivity contribution in [2.75, 3.05) is 7.11 Å². The second kappa shape index (κ2) is 9.56. The molecule has 1 saturated heterocycles. The van der Waals surface area contributed by atoms with E-state index in [-0.39, 0.29) is 9.79 Å². The largest absolute Gasteiger partial charge is 0.388 e. The van der Waals surface area contributed by atoms with Gasteiger partial charge in [-0.3, -0.25) is 8.37 Å². The van der Waals surface area contributed by atoms with Crippen molar-refractivity contribution in [2.45, 2.75) is 61.3 Å². The summed E-state index contributed by atoms with van der Waals surface area (Å²) in [6, 6.07) is 11.8. The monoisotopic (exact) mass is 486 g/mol. The molecule has 11 heteroatoms. The fraction of sp³-hybridized carbons (Fsp3) is 0.429. The van der Waals surface area contributed by atoms with Crippen LogP contribution in [0.3, 0.4) is 0 Å². The van der Waals surface area contributed by atoms with Gasteiger partial charge in [-0.2, -0.15) is 16.8 Å². The van der Waals surface area contributed by atoms with Crippen LogP contribution < -0.4 is 0 Å². The van der Waals surface area contributed by atoms with E-state index in [9.17, 15) is 21.9 Å². The molecule has 3 rings (SSSR count). The van der Waals surface area contributed by atoms with E-state index in [2.05, 4.69) is 0 Å². The molecule has 176 valence electrons. The van der Waals surface area contributed by atoms with Gasteiger partial charge in [0.25, 0.3) is 20.2 Å². The summed E-state index contributed by atoms with van der Waals surface area (Å²) in [5.41, 5.74) is 1.68. The Morgan fingerprint density at radius 3 is 1.59 bits per heavy atom. The van der Waals surface area contributed by atoms with E-state index in [1.54, 1.807) is 38.1 Å². The first-order chi connectivity index (χ1) is 14.9. The summed E-state index contributed by atoms with van der Waals surface area (Å²) in [5, 5.41) is 10.6. The maximum absolute atomic E-state index is 12.9. The SMILES string of the molecule is CO[C@H]1O[C@H](C)[C@H](O)[C@H](OS(=O)(=O)c2ccc(C)cc2)[C@H]1OS(=O)(=O)c1ccc(C)cc1. The van der Waals surface area contributed by atoms with Crippen LogP contribution in [0.2, 0.25) is 0 Å². The zero-order valence-electron chi connectivity index (χ0n) is 18.0. The lowest BCUT2D eigenvalue weighted by Gasteiger charge is -2.41. The second-order valence-corrected chi connectivity index (χ2v) is 10.7. The topological polar surface area (TPSA) is 125 Å². The lowest BCUT2D eigenvalue weighted by atomic mass is 10.0. The van der Waals surface area contributed by atoms with Crippen LogP contribution >= 0.6 is 0 Å². The Bertz CT molecular complexity index is 1050. The standard InChI is InChI=1S/C21H26O9S2/c1-13-5-9-16(10-6-13)31(23,24)29-19-18(22)15(3)28-21(27-4)20(19)30-32(25,26)17-11-7-14(2)8-12-17/h5-12,15,18-22H,1-4H3/t15-,18+,19+,20-,21+/m1/s1. The number of aliphatic hydroxyl groups is 1. The van der Waals surface area contributed by atoms with Crippen molar-refractivity contribution < 1.29 is 39.8 Å². The van der Waals surface area contributed by atoms with Crippen molar-refractivity contribution >= 4 is 20.2 Å². The minimum atomic E-state index is -4.37. The Balaban J connectivity index is 1.96. The Morgan fingerprint density at radius 1 is 0.781 bits per heavy atom. The molecule has 0 saturated carbocycles. The normalized spacial score (nSPS) is 26.7. The predicted molar refractivity (Wildman–Crippen MR) is 114 cm³/mol. The van der Waals surface area contributed by atoms with Gasteiger partial charge in [0.1, 0.15) is 12.2 Å². The third-order valence-corrected chi connectivity index (χ3v) is 7.74. The molecule has 0 aliphatic carbocycles. The molecule has 1 N–H and O–H groups in total. The summed E-state index contributed by atoms with van der Waals surface area (Å²) >= 11 is 0. The number of methoxy groups -OCH3 is 1. The third-order valence-electron chi connectivity index (χ3n) is 5.09. The maximum Gasteiger partial charge on any atom is 0.297 e. The fourth-order valence-electron chi connectivity index (χ4n) is 3.20. The summed E-state index contributed by atoms with van der Waals surface area (Å²) in [7, 11) is -7.49. The van der Waals surface area contributed by atoms with Crippen molar-refractivity contribution in [3.8, 4) is 0 Å². The average molecular weight is 487 g/mol. The molecule has 0 spiro atoms. The molecule has 32 heavy (non-hydrogen) atoms. The molecule has 0 radical (unpaired) electrons. The minimum Gasteiger partial charge on any atom is -0.388 e. The van der Waals surface area contributed by atoms with Gasteiger partial charge in [-0.1, -0.05) is 35.4 Å². The highest BCUT2D eigenvalue weighted by molar-refractivity contribution is 7.87. The van der Waals surface area contributed by atoms with E-state index in [0.717, 1.165) is 11.1 Å². The van der Waals surface area contributed by atoms with Gasteiger partial charge in [0.15, 0.2) is 12.4 Å². The van der Waals surface area contributed by atoms with E-state index < -0.39 is 50.9 Å². The van der Waals surface area contributed by atoms with Gasteiger partial charge in [0.2, 0.25) is 0 Å². The molecule has 1 aliphatic heterocycles. The summed E-state index contributed by atoms with van der Waals surface area (Å²) < 4.78 is 72.7. The quantitative estimate of drug-likeness (QED) is 0.584. The highest BCUT2D eigenvalue weighted by Crippen LogP contribution is 2.31. The highest BCUT2D eigenvalue weighted by Gasteiger charge is 2.50. The molecule has 0 amide bonds. The van der Waals surface area contributed by atoms with Crippen LogP contribution in [0.1, 0.15) is 18.1 Å². The number of aryl methyl sites for hydroxylation is 2. The van der Waals surface area contributed by atoms with E-state index in [1.165, 1.54) is 38.3 Å². The van der Waals surface area contributed by atoms with Crippen molar-refractivity contribution in [1.29, 1.82) is 0 Å². The number of hydrogen-bond acceptors (Lipinski definition) is 9. The first-order valence-corrected chi connectivity index (χ1v) is 12.6. The summed E-state index contributed by atoms with van der Waals surface area (Å²) in [4.78, 5) is -0.297. The zero-order chi connectivity index (χ0) is 23.7. The van der Waals surface area contributed by atoms with E-state index in [4.69, 9.17) is 17.8 Å². The lowest BCUT2D eigenvalue weighted by molar-refractivity contribution is -0.274. The summed E-state index contributed by atoms with van der Waals surface area (Å²) in [5.74, 6) is 0. The molecule has 1 heterocycles. The van der Waals surface area contributed by atoms with Gasteiger partial charge in [0.05, 0.1) is 15.9 Å². The number of rotatable bonds is 7. The molecule has 0 unspecified atom stereocenters. The molecule has 2 aromatic rings. The van der Waals surface area contributed by atoms with Gasteiger partial charge < -0.3 is 14.6 Å². The van der Waals surface area contributed by atoms with Crippen molar-refractivity contribution in [2.24, 2.45) is 0 Å². The average Bonchev–Trinajstić information content (AvgIpc) is 2.73. The Labute approximate surface area is 188 Å². The van der Waals surface area contributed by atoms with Gasteiger partial charge in [0, 0.05) is 7.11 Å². The van der Waals surface area contributed by atoms with Gasteiger partial charge >= 0.3 is 0 Å². The van der Waals surface area contributed by atoms with E-state index >= 15 is 0 Å². The predicted octanol–water partition coefficient (Wildman–Crippen LogP) is 1.90. The Kier molecular flexibility index (Phi) is 7.40. The van der Waals surface area contributed by atoms with Crippen LogP contribution in [-0.4, -0.2) is 59.8 Å².